The van der Waals surface area contributed by atoms with Crippen molar-refractivity contribution in [3.63, 3.8) is 0 Å². The van der Waals surface area contributed by atoms with Crippen molar-refractivity contribution >= 4 is 5.69 Å². The quantitative estimate of drug-likeness (QED) is 0.480. The lowest BCUT2D eigenvalue weighted by Crippen LogP contribution is -2.22. The lowest BCUT2D eigenvalue weighted by molar-refractivity contribution is -0.384. The number of nitro groups is 1. The molecule has 0 amide bonds. The van der Waals surface area contributed by atoms with E-state index in [0.29, 0.717) is 23.4 Å². The summed E-state index contributed by atoms with van der Waals surface area (Å²) in [6, 6.07) is 7.81. The van der Waals surface area contributed by atoms with E-state index in [4.69, 9.17) is 0 Å². The van der Waals surface area contributed by atoms with Gasteiger partial charge in [-0.2, -0.15) is 5.10 Å². The number of aromatic amines is 1. The second-order valence-corrected chi connectivity index (χ2v) is 4.59. The molecule has 1 aromatic carbocycles. The number of aromatic nitrogens is 2. The van der Waals surface area contributed by atoms with E-state index >= 15 is 0 Å². The van der Waals surface area contributed by atoms with Crippen LogP contribution < -0.4 is 10.9 Å². The second-order valence-electron chi connectivity index (χ2n) is 4.59. The fraction of sp³-hybridized carbons (Fsp3) is 0.286. The minimum absolute atomic E-state index is 0.00819. The summed E-state index contributed by atoms with van der Waals surface area (Å²) >= 11 is 0. The van der Waals surface area contributed by atoms with E-state index in [0.717, 1.165) is 13.0 Å². The molecule has 1 heterocycles. The van der Waals surface area contributed by atoms with Gasteiger partial charge in [0.05, 0.1) is 10.6 Å². The molecule has 0 saturated carbocycles. The number of nitrogens with zero attached hydrogens (tertiary/aromatic N) is 2. The van der Waals surface area contributed by atoms with Crippen LogP contribution >= 0.6 is 0 Å². The molecule has 110 valence electrons. The molecule has 2 N–H and O–H groups in total. The fourth-order valence-electron chi connectivity index (χ4n) is 1.90. The third-order valence-corrected chi connectivity index (χ3v) is 2.98. The zero-order valence-electron chi connectivity index (χ0n) is 11.6. The molecule has 7 heteroatoms. The Morgan fingerprint density at radius 1 is 1.38 bits per heavy atom. The van der Waals surface area contributed by atoms with E-state index in [9.17, 15) is 14.9 Å². The first kappa shape index (κ1) is 14.9. The van der Waals surface area contributed by atoms with E-state index in [2.05, 4.69) is 15.5 Å². The van der Waals surface area contributed by atoms with E-state index in [-0.39, 0.29) is 11.2 Å². The number of non-ortho nitro benzene ring substituents is 1. The summed E-state index contributed by atoms with van der Waals surface area (Å²) < 4.78 is 0. The van der Waals surface area contributed by atoms with Crippen LogP contribution in [0.1, 0.15) is 18.9 Å². The first-order chi connectivity index (χ1) is 10.1. The second kappa shape index (κ2) is 6.76. The average Bonchev–Trinajstić information content (AvgIpc) is 2.49. The van der Waals surface area contributed by atoms with Crippen LogP contribution in [0, 0.1) is 10.1 Å². The standard InChI is InChI=1S/C14H16N4O3/c1-2-6-15-9-11-8-13(16-17-14(11)19)10-4-3-5-12(7-10)18(20)21/h3-5,7-8,15H,2,6,9H2,1H3,(H,17,19). The number of nitro benzene ring substituents is 1. The van der Waals surface area contributed by atoms with Crippen LogP contribution in [0.25, 0.3) is 11.3 Å². The monoisotopic (exact) mass is 288 g/mol. The Balaban J connectivity index is 2.32. The smallest absolute Gasteiger partial charge is 0.270 e. The van der Waals surface area contributed by atoms with Crippen molar-refractivity contribution in [1.29, 1.82) is 0 Å². The van der Waals surface area contributed by atoms with E-state index < -0.39 is 4.92 Å². The van der Waals surface area contributed by atoms with Gasteiger partial charge in [-0.25, -0.2) is 5.10 Å². The lowest BCUT2D eigenvalue weighted by atomic mass is 10.1. The predicted octanol–water partition coefficient (Wildman–Crippen LogP) is 1.84. The molecule has 0 saturated heterocycles. The topological polar surface area (TPSA) is 101 Å². The average molecular weight is 288 g/mol. The SMILES string of the molecule is CCCNCc1cc(-c2cccc([N+](=O)[O-])c2)n[nH]c1=O. The highest BCUT2D eigenvalue weighted by Crippen LogP contribution is 2.21. The molecule has 0 radical (unpaired) electrons. The van der Waals surface area contributed by atoms with Gasteiger partial charge in [-0.1, -0.05) is 19.1 Å². The number of hydrogen-bond acceptors (Lipinski definition) is 5. The molecule has 0 fully saturated rings. The fourth-order valence-corrected chi connectivity index (χ4v) is 1.90. The van der Waals surface area contributed by atoms with Crippen LogP contribution in [0.3, 0.4) is 0 Å². The van der Waals surface area contributed by atoms with Crippen molar-refractivity contribution in [2.24, 2.45) is 0 Å². The zero-order valence-corrected chi connectivity index (χ0v) is 11.6. The molecule has 0 aliphatic rings. The van der Waals surface area contributed by atoms with Crippen LogP contribution in [-0.2, 0) is 6.54 Å². The van der Waals surface area contributed by atoms with Crippen LogP contribution in [0.2, 0.25) is 0 Å². The molecule has 2 aromatic rings. The zero-order chi connectivity index (χ0) is 15.2. The minimum Gasteiger partial charge on any atom is -0.312 e. The van der Waals surface area contributed by atoms with Gasteiger partial charge in [0.25, 0.3) is 11.2 Å². The summed E-state index contributed by atoms with van der Waals surface area (Å²) in [6.07, 6.45) is 0.973. The third kappa shape index (κ3) is 3.73. The van der Waals surface area contributed by atoms with Crippen molar-refractivity contribution in [1.82, 2.24) is 15.5 Å². The Morgan fingerprint density at radius 3 is 2.90 bits per heavy atom. The number of rotatable bonds is 6. The third-order valence-electron chi connectivity index (χ3n) is 2.98. The van der Waals surface area contributed by atoms with Gasteiger partial charge >= 0.3 is 0 Å². The first-order valence-electron chi connectivity index (χ1n) is 6.66. The summed E-state index contributed by atoms with van der Waals surface area (Å²) in [5.41, 5.74) is 1.39. The molecule has 0 unspecified atom stereocenters. The predicted molar refractivity (Wildman–Crippen MR) is 78.9 cm³/mol. The highest BCUT2D eigenvalue weighted by molar-refractivity contribution is 5.62. The highest BCUT2D eigenvalue weighted by atomic mass is 16.6. The summed E-state index contributed by atoms with van der Waals surface area (Å²) in [4.78, 5) is 22.0. The van der Waals surface area contributed by atoms with Gasteiger partial charge in [-0.05, 0) is 19.0 Å². The van der Waals surface area contributed by atoms with Gasteiger partial charge in [0.2, 0.25) is 0 Å². The molecule has 1 aromatic heterocycles. The van der Waals surface area contributed by atoms with Crippen molar-refractivity contribution in [3.8, 4) is 11.3 Å². The van der Waals surface area contributed by atoms with Crippen LogP contribution in [0.15, 0.2) is 35.1 Å². The molecule has 0 spiro atoms. The molecule has 21 heavy (non-hydrogen) atoms. The van der Waals surface area contributed by atoms with Crippen molar-refractivity contribution in [2.75, 3.05) is 6.54 Å². The summed E-state index contributed by atoms with van der Waals surface area (Å²) in [5.74, 6) is 0. The van der Waals surface area contributed by atoms with Crippen molar-refractivity contribution < 1.29 is 4.92 Å². The molecule has 7 nitrogen and oxygen atoms in total. The maximum atomic E-state index is 11.7. The van der Waals surface area contributed by atoms with E-state index in [1.165, 1.54) is 12.1 Å². The van der Waals surface area contributed by atoms with Gasteiger partial charge in [-0.15, -0.1) is 0 Å². The number of nitrogens with one attached hydrogen (secondary N) is 2. The molecule has 2 rings (SSSR count). The van der Waals surface area contributed by atoms with Gasteiger partial charge < -0.3 is 5.32 Å². The van der Waals surface area contributed by atoms with Crippen molar-refractivity contribution in [3.05, 3.63) is 56.4 Å². The van der Waals surface area contributed by atoms with Crippen molar-refractivity contribution in [2.45, 2.75) is 19.9 Å². The van der Waals surface area contributed by atoms with Crippen LogP contribution in [0.5, 0.6) is 0 Å². The Kier molecular flexibility index (Phi) is 4.78. The Bertz CT molecular complexity index is 697. The number of hydrogen-bond donors (Lipinski definition) is 2. The Morgan fingerprint density at radius 2 is 2.19 bits per heavy atom. The molecular weight excluding hydrogens is 272 g/mol. The molecule has 0 atom stereocenters. The number of H-pyrrole nitrogens is 1. The molecule has 0 aliphatic carbocycles. The summed E-state index contributed by atoms with van der Waals surface area (Å²) in [7, 11) is 0. The van der Waals surface area contributed by atoms with Gasteiger partial charge in [0.1, 0.15) is 0 Å². The minimum atomic E-state index is -0.459. The normalized spacial score (nSPS) is 10.5. The number of benzene rings is 1. The van der Waals surface area contributed by atoms with Crippen LogP contribution in [-0.4, -0.2) is 21.7 Å². The Hall–Kier alpha value is -2.54. The van der Waals surface area contributed by atoms with Gasteiger partial charge in [-0.3, -0.25) is 14.9 Å². The lowest BCUT2D eigenvalue weighted by Gasteiger charge is -2.05. The maximum Gasteiger partial charge on any atom is 0.270 e. The Labute approximate surface area is 121 Å². The molecule has 0 bridgehead atoms. The summed E-state index contributed by atoms with van der Waals surface area (Å²) in [6.45, 7) is 3.29. The largest absolute Gasteiger partial charge is 0.312 e. The molecular formula is C14H16N4O3. The highest BCUT2D eigenvalue weighted by Gasteiger charge is 2.10. The van der Waals surface area contributed by atoms with Gasteiger partial charge in [0, 0.05) is 29.8 Å². The first-order valence-corrected chi connectivity index (χ1v) is 6.66. The van der Waals surface area contributed by atoms with E-state index in [1.807, 2.05) is 6.92 Å². The summed E-state index contributed by atoms with van der Waals surface area (Å²) in [5, 5.41) is 20.3. The van der Waals surface area contributed by atoms with Gasteiger partial charge in [0.15, 0.2) is 0 Å². The maximum absolute atomic E-state index is 11.7. The van der Waals surface area contributed by atoms with Crippen LogP contribution in [0.4, 0.5) is 5.69 Å². The van der Waals surface area contributed by atoms with E-state index in [1.54, 1.807) is 18.2 Å². The molecule has 0 aliphatic heterocycles.